The summed E-state index contributed by atoms with van der Waals surface area (Å²) in [6.45, 7) is 15.4. The Balaban J connectivity index is 0.000000942. The Morgan fingerprint density at radius 2 is 1.65 bits per heavy atom. The number of carboxylic acids is 2. The van der Waals surface area contributed by atoms with E-state index in [1.54, 1.807) is 18.0 Å². The molecule has 10 nitrogen and oxygen atoms in total. The van der Waals surface area contributed by atoms with Crippen molar-refractivity contribution in [1.82, 2.24) is 14.8 Å². The highest BCUT2D eigenvalue weighted by Crippen LogP contribution is 2.40. The number of aryl methyl sites for hydroxylation is 1. The molecular formula is C33H45F3N4O6. The van der Waals surface area contributed by atoms with E-state index < -0.39 is 47.1 Å². The van der Waals surface area contributed by atoms with Gasteiger partial charge in [0, 0.05) is 36.1 Å². The summed E-state index contributed by atoms with van der Waals surface area (Å²) in [4.78, 5) is 49.9. The molecule has 0 aliphatic carbocycles. The zero-order valence-electron chi connectivity index (χ0n) is 28.2. The van der Waals surface area contributed by atoms with Crippen molar-refractivity contribution in [3.63, 3.8) is 0 Å². The van der Waals surface area contributed by atoms with Crippen molar-refractivity contribution in [2.45, 2.75) is 85.1 Å². The van der Waals surface area contributed by atoms with Crippen LogP contribution in [0.2, 0.25) is 0 Å². The van der Waals surface area contributed by atoms with E-state index in [0.717, 1.165) is 22.2 Å². The smallest absolute Gasteiger partial charge is 0.430 e. The third kappa shape index (κ3) is 7.97. The number of carboxylic acid groups (broad SMARTS) is 2. The summed E-state index contributed by atoms with van der Waals surface area (Å²) in [5.74, 6) is -4.53. The van der Waals surface area contributed by atoms with Gasteiger partial charge in [0.05, 0.1) is 11.5 Å². The van der Waals surface area contributed by atoms with Crippen molar-refractivity contribution in [2.24, 2.45) is 18.4 Å². The Labute approximate surface area is 267 Å². The molecule has 1 aromatic heterocycles. The van der Waals surface area contributed by atoms with Gasteiger partial charge in [-0.05, 0) is 38.2 Å². The molecule has 1 aliphatic heterocycles. The van der Waals surface area contributed by atoms with Gasteiger partial charge in [-0.15, -0.1) is 0 Å². The summed E-state index contributed by atoms with van der Waals surface area (Å²) >= 11 is 0. The van der Waals surface area contributed by atoms with E-state index in [-0.39, 0.29) is 23.3 Å². The molecule has 0 radical (unpaired) electrons. The molecule has 3 unspecified atom stereocenters. The van der Waals surface area contributed by atoms with E-state index >= 15 is 0 Å². The lowest BCUT2D eigenvalue weighted by Gasteiger charge is -2.39. The Morgan fingerprint density at radius 1 is 1.13 bits per heavy atom. The summed E-state index contributed by atoms with van der Waals surface area (Å²) < 4.78 is 35.7. The van der Waals surface area contributed by atoms with Crippen molar-refractivity contribution in [3.05, 3.63) is 47.2 Å². The third-order valence-electron chi connectivity index (χ3n) is 8.33. The quantitative estimate of drug-likeness (QED) is 0.349. The Hall–Kier alpha value is -4.16. The Bertz CT molecular complexity index is 1560. The molecule has 2 heterocycles. The molecule has 0 spiro atoms. The molecule has 0 fully saturated rings. The van der Waals surface area contributed by atoms with Crippen LogP contribution in [0.1, 0.15) is 66.6 Å². The number of nitrogens with one attached hydrogen (secondary N) is 1. The normalized spacial score (nSPS) is 17.7. The first-order chi connectivity index (χ1) is 20.8. The number of amides is 2. The molecule has 254 valence electrons. The first-order valence-corrected chi connectivity index (χ1v) is 14.8. The maximum absolute atomic E-state index is 14.1. The van der Waals surface area contributed by atoms with E-state index in [2.05, 4.69) is 35.9 Å². The van der Waals surface area contributed by atoms with Gasteiger partial charge >= 0.3 is 12.1 Å². The maximum Gasteiger partial charge on any atom is 0.430 e. The van der Waals surface area contributed by atoms with Crippen LogP contribution in [-0.4, -0.2) is 87.5 Å². The van der Waals surface area contributed by atoms with Gasteiger partial charge in [0.25, 0.3) is 5.91 Å². The molecule has 2 aromatic rings. The number of hydrogen-bond acceptors (Lipinski definition) is 5. The van der Waals surface area contributed by atoms with Crippen LogP contribution >= 0.6 is 0 Å². The molecule has 46 heavy (non-hydrogen) atoms. The topological polar surface area (TPSA) is 135 Å². The molecule has 3 rings (SSSR count). The number of likely N-dealkylation sites (N-methyl/N-ethyl adjacent to an activating group) is 2. The largest absolute Gasteiger partial charge is 0.542 e. The first-order valence-electron chi connectivity index (χ1n) is 14.8. The van der Waals surface area contributed by atoms with Gasteiger partial charge < -0.3 is 29.8 Å². The van der Waals surface area contributed by atoms with E-state index in [0.29, 0.717) is 0 Å². The second-order valence-corrected chi connectivity index (χ2v) is 13.7. The fraction of sp³-hybridized carbons (Fsp3) is 0.545. The number of benzene rings is 1. The number of para-hydroxylation sites is 1. The van der Waals surface area contributed by atoms with Gasteiger partial charge in [0.1, 0.15) is 24.8 Å². The lowest BCUT2D eigenvalue weighted by atomic mass is 9.73. The van der Waals surface area contributed by atoms with Gasteiger partial charge in [0.15, 0.2) is 6.21 Å². The zero-order valence-corrected chi connectivity index (χ0v) is 28.2. The first kappa shape index (κ1) is 38.0. The summed E-state index contributed by atoms with van der Waals surface area (Å²) in [5.41, 5.74) is 2.33. The van der Waals surface area contributed by atoms with Crippen molar-refractivity contribution < 1.29 is 47.1 Å². The summed E-state index contributed by atoms with van der Waals surface area (Å²) in [7, 11) is 5.62. The fourth-order valence-corrected chi connectivity index (χ4v) is 5.97. The lowest BCUT2D eigenvalue weighted by molar-refractivity contribution is -0.531. The average molecular weight is 651 g/mol. The van der Waals surface area contributed by atoms with Crippen LogP contribution in [0.3, 0.4) is 0 Å². The zero-order chi connectivity index (χ0) is 35.7. The molecule has 13 heteroatoms. The lowest BCUT2D eigenvalue weighted by Crippen LogP contribution is -2.61. The molecule has 2 N–H and O–H groups in total. The molecule has 1 aromatic carbocycles. The van der Waals surface area contributed by atoms with Crippen molar-refractivity contribution >= 4 is 40.9 Å². The Morgan fingerprint density at radius 3 is 2.11 bits per heavy atom. The summed E-state index contributed by atoms with van der Waals surface area (Å²) in [6, 6.07) is 6.42. The van der Waals surface area contributed by atoms with Crippen LogP contribution < -0.4 is 10.4 Å². The molecule has 1 aliphatic rings. The molecule has 0 bridgehead atoms. The number of alkyl halides is 3. The molecular weight excluding hydrogens is 605 g/mol. The predicted molar refractivity (Wildman–Crippen MR) is 166 cm³/mol. The number of aliphatic carboxylic acids is 2. The van der Waals surface area contributed by atoms with Gasteiger partial charge in [-0.1, -0.05) is 58.9 Å². The number of carbonyl (C=O) groups excluding carboxylic acids is 3. The average Bonchev–Trinajstić information content (AvgIpc) is 3.20. The number of carbonyl (C=O) groups is 4. The van der Waals surface area contributed by atoms with E-state index in [9.17, 15) is 32.7 Å². The van der Waals surface area contributed by atoms with E-state index in [1.165, 1.54) is 6.92 Å². The van der Waals surface area contributed by atoms with Gasteiger partial charge in [-0.2, -0.15) is 13.2 Å². The second kappa shape index (κ2) is 13.7. The van der Waals surface area contributed by atoms with Crippen molar-refractivity contribution in [1.29, 1.82) is 0 Å². The maximum atomic E-state index is 14.1. The van der Waals surface area contributed by atoms with Gasteiger partial charge in [0.2, 0.25) is 11.9 Å². The highest BCUT2D eigenvalue weighted by atomic mass is 19.4. The summed E-state index contributed by atoms with van der Waals surface area (Å²) in [5, 5.41) is 22.4. The van der Waals surface area contributed by atoms with Crippen LogP contribution in [0, 0.1) is 11.3 Å². The van der Waals surface area contributed by atoms with Crippen LogP contribution in [0.15, 0.2) is 35.9 Å². The van der Waals surface area contributed by atoms with Gasteiger partial charge in [-0.3, -0.25) is 9.59 Å². The standard InChI is InChI=1S/C31H44N4O4.C2HF3O2/c1-18(2)22(16-19(3)29(38)39)35(11)28(37)25(30(4,5)6)32-27(36)26-31(7,8)24-20-14-12-13-15-21(20)34(10)23(24)17-33(26)9;3-2(4,5)1(6)7/h12-18,22,25-26H,1-11H3,(H-,32,36,38,39);(H,6,7)/b19-16+;. The number of aromatic nitrogens is 1. The van der Waals surface area contributed by atoms with E-state index in [4.69, 9.17) is 9.90 Å². The van der Waals surface area contributed by atoms with Crippen LogP contribution in [0.5, 0.6) is 0 Å². The minimum atomic E-state index is -5.19. The Kier molecular flexibility index (Phi) is 11.3. The fourth-order valence-electron chi connectivity index (χ4n) is 5.97. The minimum absolute atomic E-state index is 0.0210. The molecule has 3 atom stereocenters. The van der Waals surface area contributed by atoms with E-state index in [1.807, 2.05) is 71.6 Å². The van der Waals surface area contributed by atoms with Gasteiger partial charge in [-0.25, -0.2) is 9.37 Å². The predicted octanol–water partition coefficient (Wildman–Crippen LogP) is 3.24. The van der Waals surface area contributed by atoms with Crippen LogP contribution in [-0.2, 0) is 31.6 Å². The number of rotatable bonds is 7. The highest BCUT2D eigenvalue weighted by molar-refractivity contribution is 5.98. The molecule has 0 saturated heterocycles. The number of hydrogen-bond donors (Lipinski definition) is 2. The number of halogens is 3. The van der Waals surface area contributed by atoms with Crippen LogP contribution in [0.25, 0.3) is 10.9 Å². The number of nitrogens with zero attached hydrogens (tertiary/aromatic N) is 3. The number of fused-ring (bicyclic) bond motifs is 3. The summed E-state index contributed by atoms with van der Waals surface area (Å²) in [6.07, 6.45) is -1.57. The SMILES string of the molecule is C/C(=C\C(C(C)C)N(C)C(=O)C(NC(=O)C1[N+](C)=Cc2c(c3ccccc3n2C)C1(C)C)C(C)(C)C)C(=O)O.O=C([O-])C(F)(F)F. The minimum Gasteiger partial charge on any atom is -0.542 e. The molecule has 0 saturated carbocycles. The van der Waals surface area contributed by atoms with Crippen molar-refractivity contribution in [3.8, 4) is 0 Å². The highest BCUT2D eigenvalue weighted by Gasteiger charge is 2.51. The second-order valence-electron chi connectivity index (χ2n) is 13.7. The van der Waals surface area contributed by atoms with Crippen LogP contribution in [0.4, 0.5) is 13.2 Å². The monoisotopic (exact) mass is 650 g/mol. The third-order valence-corrected chi connectivity index (χ3v) is 8.33. The molecule has 2 amide bonds. The van der Waals surface area contributed by atoms with Crippen molar-refractivity contribution in [2.75, 3.05) is 14.1 Å².